The molecule has 0 atom stereocenters. The Morgan fingerprint density at radius 1 is 1.35 bits per heavy atom. The van der Waals surface area contributed by atoms with Crippen LogP contribution in [-0.2, 0) is 0 Å². The summed E-state index contributed by atoms with van der Waals surface area (Å²) < 4.78 is 5.26. The van der Waals surface area contributed by atoms with Crippen LogP contribution in [-0.4, -0.2) is 16.5 Å². The van der Waals surface area contributed by atoms with Gasteiger partial charge < -0.3 is 9.73 Å². The number of aromatic nitrogens is 2. The lowest BCUT2D eigenvalue weighted by molar-refractivity contribution is 0.527. The number of nitrogens with one attached hydrogen (secondary N) is 1. The molecule has 5 heteroatoms. The molecule has 0 amide bonds. The third-order valence-electron chi connectivity index (χ3n) is 2.20. The van der Waals surface area contributed by atoms with E-state index >= 15 is 0 Å². The van der Waals surface area contributed by atoms with Crippen molar-refractivity contribution >= 4 is 17.6 Å². The van der Waals surface area contributed by atoms with Gasteiger partial charge in [0.15, 0.2) is 0 Å². The predicted molar refractivity (Wildman–Crippen MR) is 68.5 cm³/mol. The molecule has 0 aliphatic rings. The van der Waals surface area contributed by atoms with Gasteiger partial charge in [-0.1, -0.05) is 11.8 Å². The molecule has 1 N–H and O–H groups in total. The van der Waals surface area contributed by atoms with Crippen LogP contribution in [0.4, 0.5) is 5.82 Å². The Kier molecular flexibility index (Phi) is 3.68. The average molecular weight is 249 g/mol. The topological polar surface area (TPSA) is 51.0 Å². The van der Waals surface area contributed by atoms with Crippen LogP contribution in [0.25, 0.3) is 0 Å². The maximum absolute atomic E-state index is 5.26. The van der Waals surface area contributed by atoms with Crippen LogP contribution in [0.2, 0.25) is 0 Å². The maximum atomic E-state index is 5.26. The van der Waals surface area contributed by atoms with Crippen molar-refractivity contribution in [3.05, 3.63) is 30.0 Å². The molecule has 2 aromatic heterocycles. The monoisotopic (exact) mass is 249 g/mol. The minimum Gasteiger partial charge on any atom is -0.468 e. The lowest BCUT2D eigenvalue weighted by Crippen LogP contribution is -2.02. The smallest absolute Gasteiger partial charge is 0.130 e. The van der Waals surface area contributed by atoms with Crippen molar-refractivity contribution in [2.75, 3.05) is 11.9 Å². The van der Waals surface area contributed by atoms with Crippen molar-refractivity contribution in [2.45, 2.75) is 30.7 Å². The summed E-state index contributed by atoms with van der Waals surface area (Å²) >= 11 is 1.59. The first kappa shape index (κ1) is 12.0. The van der Waals surface area contributed by atoms with Gasteiger partial charge in [-0.25, -0.2) is 9.97 Å². The summed E-state index contributed by atoms with van der Waals surface area (Å²) in [4.78, 5) is 9.81. The summed E-state index contributed by atoms with van der Waals surface area (Å²) in [5, 5.41) is 4.12. The molecule has 2 heterocycles. The van der Waals surface area contributed by atoms with Gasteiger partial charge in [0.25, 0.3) is 0 Å². The largest absolute Gasteiger partial charge is 0.468 e. The van der Waals surface area contributed by atoms with Crippen molar-refractivity contribution in [1.82, 2.24) is 9.97 Å². The number of nitrogens with zero attached hydrogens (tertiary/aromatic N) is 2. The van der Waals surface area contributed by atoms with E-state index in [9.17, 15) is 0 Å². The highest BCUT2D eigenvalue weighted by Gasteiger charge is 2.07. The lowest BCUT2D eigenvalue weighted by atomic mass is 10.5. The van der Waals surface area contributed by atoms with Crippen LogP contribution in [0.15, 0.2) is 32.7 Å². The number of rotatable bonds is 4. The number of hydrogen-bond acceptors (Lipinski definition) is 5. The third kappa shape index (κ3) is 3.00. The molecular weight excluding hydrogens is 234 g/mol. The Balaban J connectivity index is 2.23. The molecule has 0 radical (unpaired) electrons. The summed E-state index contributed by atoms with van der Waals surface area (Å²) in [6, 6.07) is 3.90. The molecule has 2 rings (SSSR count). The summed E-state index contributed by atoms with van der Waals surface area (Å²) in [6.07, 6.45) is 1.69. The van der Waals surface area contributed by atoms with Crippen LogP contribution in [0, 0.1) is 13.8 Å². The van der Waals surface area contributed by atoms with Crippen LogP contribution in [0.1, 0.15) is 18.5 Å². The van der Waals surface area contributed by atoms with E-state index in [2.05, 4.69) is 15.3 Å². The van der Waals surface area contributed by atoms with E-state index in [1.807, 2.05) is 32.9 Å². The normalized spacial score (nSPS) is 10.5. The Morgan fingerprint density at radius 2 is 2.18 bits per heavy atom. The van der Waals surface area contributed by atoms with Gasteiger partial charge >= 0.3 is 0 Å². The molecule has 0 saturated heterocycles. The molecule has 2 aromatic rings. The molecule has 4 nitrogen and oxygen atoms in total. The van der Waals surface area contributed by atoms with Gasteiger partial charge in [0.1, 0.15) is 22.4 Å². The molecule has 0 unspecified atom stereocenters. The van der Waals surface area contributed by atoms with E-state index < -0.39 is 0 Å². The minimum absolute atomic E-state index is 0.770. The molecule has 17 heavy (non-hydrogen) atoms. The van der Waals surface area contributed by atoms with Crippen LogP contribution < -0.4 is 5.32 Å². The summed E-state index contributed by atoms with van der Waals surface area (Å²) in [5.41, 5.74) is 0. The van der Waals surface area contributed by atoms with Crippen molar-refractivity contribution in [3.63, 3.8) is 0 Å². The standard InChI is InChI=1S/C12H15N3OS/c1-4-13-11-7-12(15-9(3)14-11)17-10-5-6-16-8(10)2/h5-7H,4H2,1-3H3,(H,13,14,15). The van der Waals surface area contributed by atoms with Gasteiger partial charge in [-0.2, -0.15) is 0 Å². The van der Waals surface area contributed by atoms with Crippen LogP contribution >= 0.6 is 11.8 Å². The van der Waals surface area contributed by atoms with Gasteiger partial charge in [0.05, 0.1) is 11.2 Å². The molecule has 0 fully saturated rings. The SMILES string of the molecule is CCNc1cc(Sc2ccoc2C)nc(C)n1. The lowest BCUT2D eigenvalue weighted by Gasteiger charge is -2.06. The van der Waals surface area contributed by atoms with Gasteiger partial charge in [0.2, 0.25) is 0 Å². The Bertz CT molecular complexity index is 510. The van der Waals surface area contributed by atoms with Crippen molar-refractivity contribution in [2.24, 2.45) is 0 Å². The molecule has 90 valence electrons. The van der Waals surface area contributed by atoms with Gasteiger partial charge in [-0.05, 0) is 26.8 Å². The fraction of sp³-hybridized carbons (Fsp3) is 0.333. The zero-order valence-electron chi connectivity index (χ0n) is 10.2. The first-order chi connectivity index (χ1) is 8.19. The van der Waals surface area contributed by atoms with Crippen LogP contribution in [0.3, 0.4) is 0 Å². The molecule has 0 aliphatic heterocycles. The van der Waals surface area contributed by atoms with Crippen LogP contribution in [0.5, 0.6) is 0 Å². The maximum Gasteiger partial charge on any atom is 0.130 e. The summed E-state index contributed by atoms with van der Waals surface area (Å²) in [7, 11) is 0. The first-order valence-electron chi connectivity index (χ1n) is 5.50. The summed E-state index contributed by atoms with van der Waals surface area (Å²) in [5.74, 6) is 2.55. The van der Waals surface area contributed by atoms with E-state index in [-0.39, 0.29) is 0 Å². The second-order valence-electron chi connectivity index (χ2n) is 3.61. The second kappa shape index (κ2) is 5.23. The molecule has 0 aliphatic carbocycles. The fourth-order valence-corrected chi connectivity index (χ4v) is 2.35. The third-order valence-corrected chi connectivity index (χ3v) is 3.26. The highest BCUT2D eigenvalue weighted by molar-refractivity contribution is 7.99. The van der Waals surface area contributed by atoms with Gasteiger partial charge in [-0.15, -0.1) is 0 Å². The molecular formula is C12H15N3OS. The van der Waals surface area contributed by atoms with E-state index in [1.54, 1.807) is 18.0 Å². The Hall–Kier alpha value is -1.49. The van der Waals surface area contributed by atoms with Crippen molar-refractivity contribution in [3.8, 4) is 0 Å². The zero-order chi connectivity index (χ0) is 12.3. The molecule has 0 bridgehead atoms. The number of furan rings is 1. The molecule has 0 saturated carbocycles. The quantitative estimate of drug-likeness (QED) is 0.843. The average Bonchev–Trinajstić information content (AvgIpc) is 2.64. The van der Waals surface area contributed by atoms with E-state index in [4.69, 9.17) is 4.42 Å². The van der Waals surface area contributed by atoms with Crippen molar-refractivity contribution < 1.29 is 4.42 Å². The zero-order valence-corrected chi connectivity index (χ0v) is 11.0. The highest BCUT2D eigenvalue weighted by Crippen LogP contribution is 2.30. The number of aryl methyl sites for hydroxylation is 2. The predicted octanol–water partition coefficient (Wildman–Crippen LogP) is 3.27. The Labute approximate surface area is 105 Å². The van der Waals surface area contributed by atoms with Crippen molar-refractivity contribution in [1.29, 1.82) is 0 Å². The number of anilines is 1. The van der Waals surface area contributed by atoms with E-state index in [0.29, 0.717) is 0 Å². The van der Waals surface area contributed by atoms with E-state index in [0.717, 1.165) is 33.9 Å². The second-order valence-corrected chi connectivity index (χ2v) is 4.67. The van der Waals surface area contributed by atoms with E-state index in [1.165, 1.54) is 0 Å². The Morgan fingerprint density at radius 3 is 2.82 bits per heavy atom. The summed E-state index contributed by atoms with van der Waals surface area (Å²) in [6.45, 7) is 6.74. The minimum atomic E-state index is 0.770. The molecule has 0 aromatic carbocycles. The molecule has 0 spiro atoms. The van der Waals surface area contributed by atoms with Gasteiger partial charge in [-0.3, -0.25) is 0 Å². The number of hydrogen-bond donors (Lipinski definition) is 1. The fourth-order valence-electron chi connectivity index (χ4n) is 1.46. The highest BCUT2D eigenvalue weighted by atomic mass is 32.2. The van der Waals surface area contributed by atoms with Gasteiger partial charge in [0, 0.05) is 12.6 Å². The first-order valence-corrected chi connectivity index (χ1v) is 6.32.